The van der Waals surface area contributed by atoms with Gasteiger partial charge in [-0.1, -0.05) is 23.8 Å². The van der Waals surface area contributed by atoms with Crippen molar-refractivity contribution in [1.82, 2.24) is 4.98 Å². The quantitative estimate of drug-likeness (QED) is 0.866. The molecule has 122 valence electrons. The molecule has 0 radical (unpaired) electrons. The first-order valence-electron chi connectivity index (χ1n) is 8.58. The minimum absolute atomic E-state index is 0.110. The van der Waals surface area contributed by atoms with E-state index in [2.05, 4.69) is 23.3 Å². The highest BCUT2D eigenvalue weighted by Gasteiger charge is 2.47. The summed E-state index contributed by atoms with van der Waals surface area (Å²) in [6.45, 7) is 4.19. The molecule has 3 nitrogen and oxygen atoms in total. The normalized spacial score (nSPS) is 18.1. The van der Waals surface area contributed by atoms with E-state index in [1.54, 1.807) is 0 Å². The zero-order valence-electron chi connectivity index (χ0n) is 14.2. The van der Waals surface area contributed by atoms with E-state index in [4.69, 9.17) is 0 Å². The molecule has 24 heavy (non-hydrogen) atoms. The number of rotatable bonds is 3. The van der Waals surface area contributed by atoms with Crippen LogP contribution in [0.25, 0.3) is 5.57 Å². The van der Waals surface area contributed by atoms with Gasteiger partial charge in [-0.25, -0.2) is 4.98 Å². The molecule has 0 saturated heterocycles. The molecule has 1 amide bonds. The zero-order chi connectivity index (χ0) is 16.7. The summed E-state index contributed by atoms with van der Waals surface area (Å²) in [4.78, 5) is 16.8. The Morgan fingerprint density at radius 3 is 2.50 bits per heavy atom. The topological polar surface area (TPSA) is 42.0 Å². The summed E-state index contributed by atoms with van der Waals surface area (Å²) in [5, 5.41) is 2.89. The second-order valence-corrected chi connectivity index (χ2v) is 7.31. The molecule has 1 spiro atoms. The van der Waals surface area contributed by atoms with E-state index >= 15 is 0 Å². The van der Waals surface area contributed by atoms with E-state index in [0.29, 0.717) is 16.8 Å². The Hall–Kier alpha value is -2.42. The summed E-state index contributed by atoms with van der Waals surface area (Å²) < 4.78 is 0. The minimum atomic E-state index is -0.110. The van der Waals surface area contributed by atoms with Crippen LogP contribution >= 0.6 is 0 Å². The van der Waals surface area contributed by atoms with Gasteiger partial charge in [-0.15, -0.1) is 0 Å². The number of aromatic nitrogens is 1. The molecule has 3 heteroatoms. The molecule has 1 aromatic carbocycles. The molecule has 0 aliphatic heterocycles. The van der Waals surface area contributed by atoms with Gasteiger partial charge < -0.3 is 5.32 Å². The lowest BCUT2D eigenvalue weighted by atomic mass is 10.00. The second kappa shape index (κ2) is 5.59. The molecular weight excluding hydrogens is 296 g/mol. The Bertz CT molecular complexity index is 829. The highest BCUT2D eigenvalue weighted by Crippen LogP contribution is 2.61. The summed E-state index contributed by atoms with van der Waals surface area (Å²) in [7, 11) is 0. The number of carbonyl (C=O) groups is 1. The maximum atomic E-state index is 12.4. The number of hydrogen-bond donors (Lipinski definition) is 1. The van der Waals surface area contributed by atoms with Gasteiger partial charge in [0.25, 0.3) is 5.91 Å². The minimum Gasteiger partial charge on any atom is -0.307 e. The molecule has 1 fully saturated rings. The van der Waals surface area contributed by atoms with Gasteiger partial charge in [0.15, 0.2) is 0 Å². The molecule has 1 saturated carbocycles. The van der Waals surface area contributed by atoms with E-state index in [-0.39, 0.29) is 5.91 Å². The van der Waals surface area contributed by atoms with E-state index in [1.807, 2.05) is 43.5 Å². The maximum absolute atomic E-state index is 12.4. The first kappa shape index (κ1) is 15.1. The van der Waals surface area contributed by atoms with Crippen LogP contribution in [-0.2, 0) is 0 Å². The molecule has 2 aromatic rings. The number of amides is 1. The summed E-state index contributed by atoms with van der Waals surface area (Å²) in [5.74, 6) is 0.492. The number of aryl methyl sites for hydroxylation is 1. The van der Waals surface area contributed by atoms with E-state index in [1.165, 1.54) is 42.4 Å². The van der Waals surface area contributed by atoms with Gasteiger partial charge in [-0.05, 0) is 79.8 Å². The number of carbonyl (C=O) groups excluding carboxylic acids is 1. The zero-order valence-corrected chi connectivity index (χ0v) is 14.2. The molecule has 4 rings (SSSR count). The van der Waals surface area contributed by atoms with Crippen LogP contribution in [0.1, 0.15) is 54.1 Å². The second-order valence-electron chi connectivity index (χ2n) is 7.31. The lowest BCUT2D eigenvalue weighted by Gasteiger charge is -2.09. The fourth-order valence-corrected chi connectivity index (χ4v) is 3.79. The monoisotopic (exact) mass is 318 g/mol. The van der Waals surface area contributed by atoms with Crippen LogP contribution in [-0.4, -0.2) is 10.9 Å². The van der Waals surface area contributed by atoms with Crippen LogP contribution in [0.15, 0.2) is 48.2 Å². The third-order valence-electron chi connectivity index (χ3n) is 5.41. The molecule has 1 aromatic heterocycles. The van der Waals surface area contributed by atoms with Crippen molar-refractivity contribution in [1.29, 1.82) is 0 Å². The summed E-state index contributed by atoms with van der Waals surface area (Å²) in [6.07, 6.45) is 7.06. The van der Waals surface area contributed by atoms with Crippen LogP contribution in [0.3, 0.4) is 0 Å². The van der Waals surface area contributed by atoms with Crippen LogP contribution in [0, 0.1) is 12.3 Å². The van der Waals surface area contributed by atoms with Crippen molar-refractivity contribution in [2.45, 2.75) is 39.5 Å². The number of anilines is 1. The van der Waals surface area contributed by atoms with Gasteiger partial charge >= 0.3 is 0 Å². The fourth-order valence-electron chi connectivity index (χ4n) is 3.79. The van der Waals surface area contributed by atoms with E-state index in [9.17, 15) is 4.79 Å². The summed E-state index contributed by atoms with van der Waals surface area (Å²) in [5.41, 5.74) is 6.39. The van der Waals surface area contributed by atoms with Crippen LogP contribution in [0.4, 0.5) is 5.82 Å². The lowest BCUT2D eigenvalue weighted by molar-refractivity contribution is 0.102. The smallest absolute Gasteiger partial charge is 0.257 e. The molecule has 0 atom stereocenters. The number of pyridine rings is 1. The Kier molecular flexibility index (Phi) is 3.52. The van der Waals surface area contributed by atoms with Gasteiger partial charge in [0.1, 0.15) is 5.82 Å². The molecular formula is C21H22N2O. The van der Waals surface area contributed by atoms with Crippen molar-refractivity contribution in [3.05, 3.63) is 64.9 Å². The lowest BCUT2D eigenvalue weighted by Crippen LogP contribution is -2.14. The molecule has 0 bridgehead atoms. The van der Waals surface area contributed by atoms with Crippen molar-refractivity contribution < 1.29 is 4.79 Å². The molecule has 0 unspecified atom stereocenters. The number of allylic oxidation sites excluding steroid dienone is 2. The highest BCUT2D eigenvalue weighted by atomic mass is 16.1. The largest absolute Gasteiger partial charge is 0.307 e. The average Bonchev–Trinajstić information content (AvgIpc) is 3.24. The fraction of sp³-hybridized carbons (Fsp3) is 0.333. The molecule has 1 N–H and O–H groups in total. The van der Waals surface area contributed by atoms with Crippen molar-refractivity contribution in [3.8, 4) is 0 Å². The number of benzene rings is 1. The Morgan fingerprint density at radius 2 is 1.88 bits per heavy atom. The predicted molar refractivity (Wildman–Crippen MR) is 96.9 cm³/mol. The number of nitrogens with one attached hydrogen (secondary N) is 1. The summed E-state index contributed by atoms with van der Waals surface area (Å²) in [6, 6.07) is 11.6. The predicted octanol–water partition coefficient (Wildman–Crippen LogP) is 4.99. The Morgan fingerprint density at radius 1 is 1.08 bits per heavy atom. The van der Waals surface area contributed by atoms with Crippen LogP contribution < -0.4 is 5.32 Å². The van der Waals surface area contributed by atoms with Crippen LogP contribution in [0.5, 0.6) is 0 Å². The van der Waals surface area contributed by atoms with E-state index < -0.39 is 0 Å². The Balaban J connectivity index is 1.49. The average molecular weight is 318 g/mol. The van der Waals surface area contributed by atoms with Gasteiger partial charge in [-0.3, -0.25) is 4.79 Å². The van der Waals surface area contributed by atoms with Gasteiger partial charge in [0.2, 0.25) is 0 Å². The SMILES string of the molecule is CC1=C(c2ccc(NC(=O)c3ccccc3C)nc2)CC2(CC2)C1. The van der Waals surface area contributed by atoms with Crippen LogP contribution in [0.2, 0.25) is 0 Å². The van der Waals surface area contributed by atoms with Gasteiger partial charge in [-0.2, -0.15) is 0 Å². The maximum Gasteiger partial charge on any atom is 0.257 e. The number of hydrogen-bond acceptors (Lipinski definition) is 2. The van der Waals surface area contributed by atoms with E-state index in [0.717, 1.165) is 5.56 Å². The molecule has 1 heterocycles. The first-order chi connectivity index (χ1) is 11.6. The van der Waals surface area contributed by atoms with Crippen molar-refractivity contribution in [2.24, 2.45) is 5.41 Å². The number of nitrogens with zero attached hydrogens (tertiary/aromatic N) is 1. The molecule has 2 aliphatic rings. The van der Waals surface area contributed by atoms with Crippen molar-refractivity contribution >= 4 is 17.3 Å². The standard InChI is InChI=1S/C21H22N2O/c1-14-5-3-4-6-17(14)20(24)23-19-8-7-16(13-22-19)18-12-21(9-10-21)11-15(18)2/h3-8,13H,9-12H2,1-2H3,(H,22,23,24). The van der Waals surface area contributed by atoms with Crippen molar-refractivity contribution in [2.75, 3.05) is 5.32 Å². The third-order valence-corrected chi connectivity index (χ3v) is 5.41. The van der Waals surface area contributed by atoms with Gasteiger partial charge in [0, 0.05) is 11.8 Å². The highest BCUT2D eigenvalue weighted by molar-refractivity contribution is 6.04. The molecule has 2 aliphatic carbocycles. The first-order valence-corrected chi connectivity index (χ1v) is 8.58. The third kappa shape index (κ3) is 2.75. The van der Waals surface area contributed by atoms with Crippen molar-refractivity contribution in [3.63, 3.8) is 0 Å². The summed E-state index contributed by atoms with van der Waals surface area (Å²) >= 11 is 0. The Labute approximate surface area is 142 Å². The van der Waals surface area contributed by atoms with Gasteiger partial charge in [0.05, 0.1) is 0 Å².